The molecule has 104 valence electrons. The van der Waals surface area contributed by atoms with Gasteiger partial charge in [-0.1, -0.05) is 6.92 Å². The summed E-state index contributed by atoms with van der Waals surface area (Å²) in [6, 6.07) is 3.83. The Bertz CT molecular complexity index is 472. The second kappa shape index (κ2) is 6.31. The maximum Gasteiger partial charge on any atom is 0.258 e. The number of ether oxygens (including phenoxy) is 1. The van der Waals surface area contributed by atoms with Crippen molar-refractivity contribution in [2.24, 2.45) is 0 Å². The molecule has 0 radical (unpaired) electrons. The van der Waals surface area contributed by atoms with Gasteiger partial charge in [0, 0.05) is 11.1 Å². The van der Waals surface area contributed by atoms with Crippen molar-refractivity contribution >= 4 is 12.2 Å². The van der Waals surface area contributed by atoms with Crippen LogP contribution in [0.5, 0.6) is 5.75 Å². The Kier molecular flexibility index (Phi) is 5.03. The van der Waals surface area contributed by atoms with Gasteiger partial charge in [0.15, 0.2) is 18.2 Å². The van der Waals surface area contributed by atoms with E-state index in [1.165, 1.54) is 12.1 Å². The molecular formula is C14H18FNO3. The van der Waals surface area contributed by atoms with Gasteiger partial charge in [0.2, 0.25) is 0 Å². The summed E-state index contributed by atoms with van der Waals surface area (Å²) in [7, 11) is 0. The van der Waals surface area contributed by atoms with Crippen molar-refractivity contribution in [2.75, 3.05) is 6.61 Å². The normalized spacial score (nSPS) is 10.9. The van der Waals surface area contributed by atoms with Crippen LogP contribution in [0.3, 0.4) is 0 Å². The highest BCUT2D eigenvalue weighted by molar-refractivity contribution is 5.78. The lowest BCUT2D eigenvalue weighted by molar-refractivity contribution is -0.124. The first kappa shape index (κ1) is 15.1. The summed E-state index contributed by atoms with van der Waals surface area (Å²) in [4.78, 5) is 22.1. The number of hydrogen-bond donors (Lipinski definition) is 1. The number of aldehydes is 1. The summed E-state index contributed by atoms with van der Waals surface area (Å²) in [5.74, 6) is -1.02. The van der Waals surface area contributed by atoms with Gasteiger partial charge in [-0.25, -0.2) is 4.39 Å². The summed E-state index contributed by atoms with van der Waals surface area (Å²) in [5.41, 5.74) is -0.0955. The Hall–Kier alpha value is -1.91. The molecule has 5 heteroatoms. The van der Waals surface area contributed by atoms with Crippen molar-refractivity contribution in [3.8, 4) is 5.75 Å². The minimum absolute atomic E-state index is 0.0462. The predicted octanol–water partition coefficient (Wildman–Crippen LogP) is 2.32. The maximum absolute atomic E-state index is 13.5. The minimum Gasteiger partial charge on any atom is -0.481 e. The molecule has 0 aliphatic rings. The molecule has 19 heavy (non-hydrogen) atoms. The molecule has 0 heterocycles. The van der Waals surface area contributed by atoms with Gasteiger partial charge in [-0.2, -0.15) is 0 Å². The summed E-state index contributed by atoms with van der Waals surface area (Å²) < 4.78 is 18.6. The lowest BCUT2D eigenvalue weighted by atomic mass is 10.0. The molecular weight excluding hydrogens is 249 g/mol. The number of nitrogens with one attached hydrogen (secondary N) is 1. The highest BCUT2D eigenvalue weighted by atomic mass is 19.1. The molecule has 0 aliphatic carbocycles. The van der Waals surface area contributed by atoms with Crippen LogP contribution in [0.1, 0.15) is 37.6 Å². The van der Waals surface area contributed by atoms with E-state index in [4.69, 9.17) is 4.74 Å². The van der Waals surface area contributed by atoms with Crippen molar-refractivity contribution < 1.29 is 18.7 Å². The zero-order valence-electron chi connectivity index (χ0n) is 11.3. The van der Waals surface area contributed by atoms with Crippen LogP contribution in [0.25, 0.3) is 0 Å². The molecule has 1 aromatic rings. The molecule has 0 saturated carbocycles. The van der Waals surface area contributed by atoms with Gasteiger partial charge in [0.05, 0.1) is 0 Å². The van der Waals surface area contributed by atoms with Crippen molar-refractivity contribution in [3.63, 3.8) is 0 Å². The van der Waals surface area contributed by atoms with Crippen LogP contribution >= 0.6 is 0 Å². The monoisotopic (exact) mass is 267 g/mol. The molecule has 0 bridgehead atoms. The number of carbonyl (C=O) groups excluding carboxylic acids is 2. The third-order valence-electron chi connectivity index (χ3n) is 2.81. The summed E-state index contributed by atoms with van der Waals surface area (Å²) in [6.07, 6.45) is 1.32. The second-order valence-electron chi connectivity index (χ2n) is 4.88. The van der Waals surface area contributed by atoms with Crippen LogP contribution < -0.4 is 10.1 Å². The zero-order chi connectivity index (χ0) is 14.5. The van der Waals surface area contributed by atoms with Crippen LogP contribution in [-0.4, -0.2) is 24.3 Å². The van der Waals surface area contributed by atoms with Gasteiger partial charge in [0.25, 0.3) is 5.91 Å². The van der Waals surface area contributed by atoms with Gasteiger partial charge in [-0.15, -0.1) is 0 Å². The molecule has 1 aromatic carbocycles. The van der Waals surface area contributed by atoms with E-state index in [-0.39, 0.29) is 29.4 Å². The Labute approximate surface area is 112 Å². The molecule has 1 rings (SSSR count). The summed E-state index contributed by atoms with van der Waals surface area (Å²) >= 11 is 0. The Balaban J connectivity index is 2.57. The summed E-state index contributed by atoms with van der Waals surface area (Å²) in [5, 5.41) is 2.78. The largest absolute Gasteiger partial charge is 0.481 e. The van der Waals surface area contributed by atoms with Crippen LogP contribution in [0, 0.1) is 5.82 Å². The number of rotatable bonds is 6. The smallest absolute Gasteiger partial charge is 0.258 e. The van der Waals surface area contributed by atoms with E-state index in [9.17, 15) is 14.0 Å². The van der Waals surface area contributed by atoms with E-state index in [2.05, 4.69) is 5.32 Å². The zero-order valence-corrected chi connectivity index (χ0v) is 11.3. The van der Waals surface area contributed by atoms with Gasteiger partial charge in [-0.05, 0) is 38.5 Å². The van der Waals surface area contributed by atoms with Crippen LogP contribution in [0.2, 0.25) is 0 Å². The van der Waals surface area contributed by atoms with Crippen LogP contribution in [0.15, 0.2) is 18.2 Å². The molecule has 0 unspecified atom stereocenters. The molecule has 0 spiro atoms. The average molecular weight is 267 g/mol. The Morgan fingerprint density at radius 2 is 2.16 bits per heavy atom. The lowest BCUT2D eigenvalue weighted by Gasteiger charge is -2.24. The first-order valence-electron chi connectivity index (χ1n) is 6.06. The number of benzene rings is 1. The first-order valence-corrected chi connectivity index (χ1v) is 6.06. The van der Waals surface area contributed by atoms with Crippen molar-refractivity contribution in [2.45, 2.75) is 32.7 Å². The van der Waals surface area contributed by atoms with E-state index in [1.54, 1.807) is 0 Å². The Morgan fingerprint density at radius 3 is 2.68 bits per heavy atom. The van der Waals surface area contributed by atoms with Gasteiger partial charge >= 0.3 is 0 Å². The quantitative estimate of drug-likeness (QED) is 0.805. The van der Waals surface area contributed by atoms with E-state index in [0.717, 1.165) is 12.5 Å². The molecule has 0 atom stereocenters. The van der Waals surface area contributed by atoms with Crippen LogP contribution in [-0.2, 0) is 4.79 Å². The molecule has 0 fully saturated rings. The summed E-state index contributed by atoms with van der Waals surface area (Å²) in [6.45, 7) is 5.48. The highest BCUT2D eigenvalue weighted by Gasteiger charge is 2.18. The van der Waals surface area contributed by atoms with E-state index >= 15 is 0 Å². The minimum atomic E-state index is -0.660. The van der Waals surface area contributed by atoms with E-state index in [0.29, 0.717) is 6.29 Å². The van der Waals surface area contributed by atoms with Crippen molar-refractivity contribution in [1.29, 1.82) is 0 Å². The highest BCUT2D eigenvalue weighted by Crippen LogP contribution is 2.17. The van der Waals surface area contributed by atoms with E-state index in [1.807, 2.05) is 20.8 Å². The van der Waals surface area contributed by atoms with Gasteiger partial charge in [0.1, 0.15) is 6.29 Å². The van der Waals surface area contributed by atoms with Crippen molar-refractivity contribution in [1.82, 2.24) is 5.32 Å². The fraction of sp³-hybridized carbons (Fsp3) is 0.429. The molecule has 4 nitrogen and oxygen atoms in total. The standard InChI is InChI=1S/C14H18FNO3/c1-4-14(2,3)16-13(18)9-19-12-6-5-10(8-17)7-11(12)15/h5-8H,4,9H2,1-3H3,(H,16,18). The predicted molar refractivity (Wildman–Crippen MR) is 69.8 cm³/mol. The maximum atomic E-state index is 13.5. The van der Waals surface area contributed by atoms with E-state index < -0.39 is 5.82 Å². The second-order valence-corrected chi connectivity index (χ2v) is 4.88. The number of halogens is 1. The van der Waals surface area contributed by atoms with Crippen LogP contribution in [0.4, 0.5) is 4.39 Å². The Morgan fingerprint density at radius 1 is 1.47 bits per heavy atom. The third kappa shape index (κ3) is 4.69. The molecule has 0 aromatic heterocycles. The number of hydrogen-bond acceptors (Lipinski definition) is 3. The van der Waals surface area contributed by atoms with Crippen molar-refractivity contribution in [3.05, 3.63) is 29.6 Å². The molecule has 0 aliphatic heterocycles. The fourth-order valence-corrected chi connectivity index (χ4v) is 1.35. The van der Waals surface area contributed by atoms with Gasteiger partial charge in [-0.3, -0.25) is 9.59 Å². The first-order chi connectivity index (χ1) is 8.88. The SMILES string of the molecule is CCC(C)(C)NC(=O)COc1ccc(C=O)cc1F. The third-order valence-corrected chi connectivity index (χ3v) is 2.81. The topological polar surface area (TPSA) is 55.4 Å². The average Bonchev–Trinajstić information content (AvgIpc) is 2.36. The molecule has 1 N–H and O–H groups in total. The molecule has 0 saturated heterocycles. The molecule has 1 amide bonds. The lowest BCUT2D eigenvalue weighted by Crippen LogP contribution is -2.44. The number of amides is 1. The van der Waals surface area contributed by atoms with Gasteiger partial charge < -0.3 is 10.1 Å². The number of carbonyl (C=O) groups is 2. The fourth-order valence-electron chi connectivity index (χ4n) is 1.35.